The fourth-order valence-corrected chi connectivity index (χ4v) is 0.750. The van der Waals surface area contributed by atoms with E-state index in [1.807, 2.05) is 13.8 Å². The number of rotatable bonds is 3. The van der Waals surface area contributed by atoms with Crippen LogP contribution >= 0.6 is 0 Å². The van der Waals surface area contributed by atoms with Crippen LogP contribution in [0.4, 0.5) is 0 Å². The molecule has 0 nitrogen and oxygen atoms in total. The fraction of sp³-hybridized carbons (Fsp3) is 1.00. The van der Waals surface area contributed by atoms with Gasteiger partial charge >= 0.3 is 0 Å². The van der Waals surface area contributed by atoms with Gasteiger partial charge in [-0.3, -0.25) is 0 Å². The smallest absolute Gasteiger partial charge is 0 e. The molecule has 0 aromatic carbocycles. The molecule has 0 bridgehead atoms. The zero-order chi connectivity index (χ0) is 8.62. The molecule has 0 aliphatic rings. The van der Waals surface area contributed by atoms with E-state index >= 15 is 0 Å². The molecule has 0 aromatic heterocycles. The summed E-state index contributed by atoms with van der Waals surface area (Å²) in [5.41, 5.74) is 0.625. The van der Waals surface area contributed by atoms with Crippen molar-refractivity contribution in [3.63, 3.8) is 0 Å². The van der Waals surface area contributed by atoms with E-state index in [1.54, 1.807) is 0 Å². The van der Waals surface area contributed by atoms with Crippen LogP contribution in [0.15, 0.2) is 0 Å². The molecule has 0 aromatic rings. The molecule has 0 N–H and O–H groups in total. The molecule has 0 atom stereocenters. The first kappa shape index (κ1) is 12.7. The average molecular weight is 146 g/mol. The van der Waals surface area contributed by atoms with Gasteiger partial charge in [0.05, 0.1) is 0 Å². The minimum atomic E-state index is 0. The first-order chi connectivity index (χ1) is 4.68. The second-order valence-electron chi connectivity index (χ2n) is 2.87. The van der Waals surface area contributed by atoms with Crippen molar-refractivity contribution in [2.75, 3.05) is 0 Å². The summed E-state index contributed by atoms with van der Waals surface area (Å²) in [5.74, 6) is 0. The van der Waals surface area contributed by atoms with E-state index in [2.05, 4.69) is 27.7 Å². The zero-order valence-corrected chi connectivity index (χ0v) is 8.62. The van der Waals surface area contributed by atoms with Crippen LogP contribution in [0.25, 0.3) is 0 Å². The molecule has 0 heterocycles. The number of hydrogen-bond acceptors (Lipinski definition) is 0. The lowest BCUT2D eigenvalue weighted by atomic mass is 9.82. The van der Waals surface area contributed by atoms with Crippen LogP contribution < -0.4 is 0 Å². The van der Waals surface area contributed by atoms with Gasteiger partial charge in [0.2, 0.25) is 0 Å². The topological polar surface area (TPSA) is 0 Å². The van der Waals surface area contributed by atoms with Crippen LogP contribution in [0.5, 0.6) is 0 Å². The van der Waals surface area contributed by atoms with Crippen molar-refractivity contribution in [2.24, 2.45) is 5.41 Å². The molecule has 0 aliphatic heterocycles. The maximum atomic E-state index is 2.35. The van der Waals surface area contributed by atoms with Gasteiger partial charge in [-0.15, -0.1) is 0 Å². The summed E-state index contributed by atoms with van der Waals surface area (Å²) in [6, 6.07) is 0. The normalized spacial score (nSPS) is 10.2. The molecular formula is C10H26. The lowest BCUT2D eigenvalue weighted by molar-refractivity contribution is 0.286. The van der Waals surface area contributed by atoms with Crippen LogP contribution in [0.3, 0.4) is 0 Å². The highest BCUT2D eigenvalue weighted by molar-refractivity contribution is 4.67. The lowest BCUT2D eigenvalue weighted by Crippen LogP contribution is -2.10. The Morgan fingerprint density at radius 3 is 1.10 bits per heavy atom. The van der Waals surface area contributed by atoms with Crippen LogP contribution in [-0.2, 0) is 0 Å². The van der Waals surface area contributed by atoms with E-state index in [-0.39, 0.29) is 1.43 Å². The van der Waals surface area contributed by atoms with Gasteiger partial charge in [0.1, 0.15) is 0 Å². The monoisotopic (exact) mass is 146 g/mol. The van der Waals surface area contributed by atoms with Gasteiger partial charge in [0.15, 0.2) is 0 Å². The third kappa shape index (κ3) is 4.84. The van der Waals surface area contributed by atoms with Gasteiger partial charge in [-0.1, -0.05) is 60.8 Å². The highest BCUT2D eigenvalue weighted by Gasteiger charge is 2.15. The van der Waals surface area contributed by atoms with E-state index in [0.29, 0.717) is 5.41 Å². The average Bonchev–Trinajstić information content (AvgIpc) is 2.07. The summed E-state index contributed by atoms with van der Waals surface area (Å²) < 4.78 is 0. The molecule has 0 radical (unpaired) electrons. The quantitative estimate of drug-likeness (QED) is 0.550. The molecule has 0 fully saturated rings. The van der Waals surface area contributed by atoms with Crippen molar-refractivity contribution >= 4 is 0 Å². The second kappa shape index (κ2) is 7.11. The summed E-state index contributed by atoms with van der Waals surface area (Å²) in [5, 5.41) is 0. The second-order valence-corrected chi connectivity index (χ2v) is 2.87. The van der Waals surface area contributed by atoms with Gasteiger partial charge < -0.3 is 0 Å². The maximum absolute atomic E-state index is 2.35. The minimum absolute atomic E-state index is 0. The Labute approximate surface area is 68.5 Å². The molecule has 0 saturated heterocycles. The summed E-state index contributed by atoms with van der Waals surface area (Å²) in [4.78, 5) is 0. The largest absolute Gasteiger partial charge is 0.0683 e. The molecule has 0 heteroatoms. The number of hydrogen-bond donors (Lipinski definition) is 0. The Hall–Kier alpha value is 0. The molecule has 0 rings (SSSR count). The van der Waals surface area contributed by atoms with E-state index in [4.69, 9.17) is 0 Å². The molecular weight excluding hydrogens is 120 g/mol. The Kier molecular flexibility index (Phi) is 9.00. The van der Waals surface area contributed by atoms with Crippen LogP contribution in [0, 0.1) is 5.41 Å². The van der Waals surface area contributed by atoms with E-state index in [1.165, 1.54) is 19.3 Å². The van der Waals surface area contributed by atoms with Crippen molar-refractivity contribution < 1.29 is 1.43 Å². The molecule has 0 unspecified atom stereocenters. The predicted molar refractivity (Wildman–Crippen MR) is 52.4 cm³/mol. The molecule has 0 spiro atoms. The summed E-state index contributed by atoms with van der Waals surface area (Å²) in [6.07, 6.45) is 3.96. The van der Waals surface area contributed by atoms with Crippen molar-refractivity contribution in [3.05, 3.63) is 0 Å². The molecule has 0 aliphatic carbocycles. The fourth-order valence-electron chi connectivity index (χ4n) is 0.750. The Bertz CT molecular complexity index is 47.6. The van der Waals surface area contributed by atoms with Gasteiger partial charge in [-0.25, -0.2) is 0 Å². The highest BCUT2D eigenvalue weighted by atomic mass is 14.2. The first-order valence-corrected chi connectivity index (χ1v) is 4.68. The van der Waals surface area contributed by atoms with Crippen molar-refractivity contribution in [1.82, 2.24) is 0 Å². The van der Waals surface area contributed by atoms with E-state index in [9.17, 15) is 0 Å². The van der Waals surface area contributed by atoms with Gasteiger partial charge in [-0.05, 0) is 5.41 Å². The third-order valence-corrected chi connectivity index (χ3v) is 2.56. The van der Waals surface area contributed by atoms with Gasteiger partial charge in [-0.2, -0.15) is 0 Å². The van der Waals surface area contributed by atoms with Crippen LogP contribution in [0.2, 0.25) is 0 Å². The van der Waals surface area contributed by atoms with Crippen LogP contribution in [0.1, 0.15) is 62.2 Å². The molecule has 0 saturated carbocycles. The lowest BCUT2D eigenvalue weighted by Gasteiger charge is -2.23. The summed E-state index contributed by atoms with van der Waals surface area (Å²) in [7, 11) is 0. The van der Waals surface area contributed by atoms with E-state index < -0.39 is 0 Å². The summed E-state index contributed by atoms with van der Waals surface area (Å²) in [6.45, 7) is 13.2. The van der Waals surface area contributed by atoms with Gasteiger partial charge in [0, 0.05) is 1.43 Å². The van der Waals surface area contributed by atoms with E-state index in [0.717, 1.165) is 0 Å². The Balaban J connectivity index is -0.000000196. The van der Waals surface area contributed by atoms with Crippen molar-refractivity contribution in [1.29, 1.82) is 0 Å². The first-order valence-electron chi connectivity index (χ1n) is 4.68. The van der Waals surface area contributed by atoms with Crippen molar-refractivity contribution in [2.45, 2.75) is 60.8 Å². The standard InChI is InChI=1S/C8H18.C2H6.H2/c1-5-8(4,6-2)7-3;1-2;/h5-7H2,1-4H3;1-2H3;1H. The van der Waals surface area contributed by atoms with Crippen molar-refractivity contribution in [3.8, 4) is 0 Å². The predicted octanol–water partition coefficient (Wildman–Crippen LogP) is 4.49. The SMILES string of the molecule is CC.CCC(C)(CC)CC.[HH]. The highest BCUT2D eigenvalue weighted by Crippen LogP contribution is 2.28. The van der Waals surface area contributed by atoms with Crippen LogP contribution in [-0.4, -0.2) is 0 Å². The Morgan fingerprint density at radius 2 is 1.10 bits per heavy atom. The summed E-state index contributed by atoms with van der Waals surface area (Å²) >= 11 is 0. The third-order valence-electron chi connectivity index (χ3n) is 2.56. The van der Waals surface area contributed by atoms with Gasteiger partial charge in [0.25, 0.3) is 0 Å². The minimum Gasteiger partial charge on any atom is -0.0683 e. The molecule has 10 heavy (non-hydrogen) atoms. The molecule has 66 valence electrons. The zero-order valence-electron chi connectivity index (χ0n) is 8.62. The molecule has 0 amide bonds. The maximum Gasteiger partial charge on any atom is 0 e. The Morgan fingerprint density at radius 1 is 0.900 bits per heavy atom.